The van der Waals surface area contributed by atoms with E-state index >= 15 is 0 Å². The molecule has 0 radical (unpaired) electrons. The molecule has 1 atom stereocenters. The van der Waals surface area contributed by atoms with E-state index in [4.69, 9.17) is 16.0 Å². The summed E-state index contributed by atoms with van der Waals surface area (Å²) in [5, 5.41) is -0.295. The molecule has 0 aliphatic heterocycles. The van der Waals surface area contributed by atoms with E-state index in [0.29, 0.717) is 5.58 Å². The van der Waals surface area contributed by atoms with Crippen molar-refractivity contribution in [2.75, 3.05) is 0 Å². The summed E-state index contributed by atoms with van der Waals surface area (Å²) in [6.45, 7) is 2.03. The molecule has 0 saturated carbocycles. The molecule has 0 fully saturated rings. The van der Waals surface area contributed by atoms with Gasteiger partial charge in [-0.3, -0.25) is 4.57 Å². The SMILES string of the molecule is Cc1ccc(C(Cl)c2ccc3c(c2)oc(=O)n3C)cc1Br. The Hall–Kier alpha value is -1.52. The minimum absolute atomic E-state index is 0.295. The molecule has 0 bridgehead atoms. The fraction of sp³-hybridized carbons (Fsp3) is 0.188. The molecule has 108 valence electrons. The van der Waals surface area contributed by atoms with E-state index in [1.807, 2.05) is 43.3 Å². The van der Waals surface area contributed by atoms with Crippen molar-refractivity contribution in [2.24, 2.45) is 7.05 Å². The van der Waals surface area contributed by atoms with Crippen molar-refractivity contribution in [2.45, 2.75) is 12.3 Å². The second-order valence-corrected chi connectivity index (χ2v) is 6.32. The van der Waals surface area contributed by atoms with Crippen LogP contribution in [0.2, 0.25) is 0 Å². The highest BCUT2D eigenvalue weighted by Gasteiger charge is 2.14. The highest BCUT2D eigenvalue weighted by molar-refractivity contribution is 9.10. The Balaban J connectivity index is 2.06. The molecular formula is C16H13BrClNO2. The van der Waals surface area contributed by atoms with Gasteiger partial charge in [0.2, 0.25) is 0 Å². The maximum Gasteiger partial charge on any atom is 0.419 e. The van der Waals surface area contributed by atoms with Crippen LogP contribution >= 0.6 is 27.5 Å². The fourth-order valence-corrected chi connectivity index (χ4v) is 2.94. The fourth-order valence-electron chi connectivity index (χ4n) is 2.27. The van der Waals surface area contributed by atoms with Crippen molar-refractivity contribution in [1.82, 2.24) is 4.57 Å². The number of aromatic nitrogens is 1. The lowest BCUT2D eigenvalue weighted by atomic mass is 10.0. The summed E-state index contributed by atoms with van der Waals surface area (Å²) in [6, 6.07) is 11.6. The Morgan fingerprint density at radius 2 is 1.86 bits per heavy atom. The van der Waals surface area contributed by atoms with Gasteiger partial charge in [-0.25, -0.2) is 4.79 Å². The summed E-state index contributed by atoms with van der Waals surface area (Å²) >= 11 is 10.1. The van der Waals surface area contributed by atoms with E-state index in [2.05, 4.69) is 15.9 Å². The predicted molar refractivity (Wildman–Crippen MR) is 88.0 cm³/mol. The van der Waals surface area contributed by atoms with Crippen LogP contribution in [0.5, 0.6) is 0 Å². The zero-order valence-electron chi connectivity index (χ0n) is 11.6. The standard InChI is InChI=1S/C16H13BrClNO2/c1-9-3-4-10(7-12(9)17)15(18)11-5-6-13-14(8-11)21-16(20)19(13)2/h3-8,15H,1-2H3. The average molecular weight is 367 g/mol. The maximum absolute atomic E-state index is 11.5. The second kappa shape index (κ2) is 5.35. The zero-order chi connectivity index (χ0) is 15.1. The smallest absolute Gasteiger partial charge is 0.408 e. The third kappa shape index (κ3) is 2.54. The molecule has 3 nitrogen and oxygen atoms in total. The number of halogens is 2. The summed E-state index contributed by atoms with van der Waals surface area (Å²) < 4.78 is 7.71. The van der Waals surface area contributed by atoms with Gasteiger partial charge < -0.3 is 4.42 Å². The number of hydrogen-bond donors (Lipinski definition) is 0. The van der Waals surface area contributed by atoms with Crippen molar-refractivity contribution in [3.05, 3.63) is 68.1 Å². The molecule has 0 aliphatic carbocycles. The van der Waals surface area contributed by atoms with Crippen LogP contribution in [0.15, 0.2) is 50.1 Å². The molecule has 3 aromatic rings. The van der Waals surface area contributed by atoms with Gasteiger partial charge in [-0.1, -0.05) is 34.1 Å². The number of hydrogen-bond acceptors (Lipinski definition) is 2. The first kappa shape index (κ1) is 14.4. The Kier molecular flexibility index (Phi) is 3.68. The number of nitrogens with zero attached hydrogens (tertiary/aromatic N) is 1. The van der Waals surface area contributed by atoms with Crippen LogP contribution in [-0.4, -0.2) is 4.57 Å². The van der Waals surface area contributed by atoms with Crippen LogP contribution in [0.1, 0.15) is 22.1 Å². The topological polar surface area (TPSA) is 35.1 Å². The highest BCUT2D eigenvalue weighted by Crippen LogP contribution is 2.32. The van der Waals surface area contributed by atoms with Crippen molar-refractivity contribution >= 4 is 38.6 Å². The Labute approximate surface area is 135 Å². The Bertz CT molecular complexity index is 882. The van der Waals surface area contributed by atoms with E-state index in [-0.39, 0.29) is 11.1 Å². The van der Waals surface area contributed by atoms with Gasteiger partial charge in [0.05, 0.1) is 10.9 Å². The molecular weight excluding hydrogens is 354 g/mol. The van der Waals surface area contributed by atoms with Crippen LogP contribution in [-0.2, 0) is 7.05 Å². The molecule has 0 aliphatic rings. The third-order valence-electron chi connectivity index (χ3n) is 3.60. The zero-order valence-corrected chi connectivity index (χ0v) is 13.9. The first-order valence-corrected chi connectivity index (χ1v) is 7.70. The van der Waals surface area contributed by atoms with Crippen LogP contribution < -0.4 is 5.76 Å². The molecule has 0 spiro atoms. The van der Waals surface area contributed by atoms with Crippen LogP contribution in [0.25, 0.3) is 11.1 Å². The molecule has 1 unspecified atom stereocenters. The lowest BCUT2D eigenvalue weighted by Crippen LogP contribution is -2.08. The number of aryl methyl sites for hydroxylation is 2. The van der Waals surface area contributed by atoms with Gasteiger partial charge in [0.25, 0.3) is 0 Å². The molecule has 0 N–H and O–H groups in total. The average Bonchev–Trinajstić information content (AvgIpc) is 2.76. The highest BCUT2D eigenvalue weighted by atomic mass is 79.9. The molecule has 21 heavy (non-hydrogen) atoms. The second-order valence-electron chi connectivity index (χ2n) is 5.03. The Morgan fingerprint density at radius 1 is 1.19 bits per heavy atom. The number of rotatable bonds is 2. The van der Waals surface area contributed by atoms with Crippen LogP contribution in [0, 0.1) is 6.92 Å². The lowest BCUT2D eigenvalue weighted by molar-refractivity contribution is 0.528. The van der Waals surface area contributed by atoms with Gasteiger partial charge in [0.1, 0.15) is 0 Å². The minimum atomic E-state index is -0.369. The van der Waals surface area contributed by atoms with E-state index in [9.17, 15) is 4.79 Å². The van der Waals surface area contributed by atoms with Gasteiger partial charge in [-0.05, 0) is 41.8 Å². The quantitative estimate of drug-likeness (QED) is 0.625. The summed E-state index contributed by atoms with van der Waals surface area (Å²) in [5.74, 6) is -0.369. The first-order chi connectivity index (χ1) is 9.97. The molecule has 3 rings (SSSR count). The summed E-state index contributed by atoms with van der Waals surface area (Å²) in [5.41, 5.74) is 4.36. The largest absolute Gasteiger partial charge is 0.419 e. The third-order valence-corrected chi connectivity index (χ3v) is 4.96. The van der Waals surface area contributed by atoms with Crippen molar-refractivity contribution in [1.29, 1.82) is 0 Å². The van der Waals surface area contributed by atoms with E-state index < -0.39 is 0 Å². The summed E-state index contributed by atoms with van der Waals surface area (Å²) in [4.78, 5) is 11.5. The van der Waals surface area contributed by atoms with E-state index in [1.165, 1.54) is 4.57 Å². The minimum Gasteiger partial charge on any atom is -0.408 e. The van der Waals surface area contributed by atoms with Gasteiger partial charge in [0, 0.05) is 11.5 Å². The predicted octanol–water partition coefficient (Wildman–Crippen LogP) is 4.53. The molecule has 0 amide bonds. The molecule has 5 heteroatoms. The van der Waals surface area contributed by atoms with Gasteiger partial charge in [-0.2, -0.15) is 0 Å². The van der Waals surface area contributed by atoms with Crippen LogP contribution in [0.3, 0.4) is 0 Å². The first-order valence-electron chi connectivity index (χ1n) is 6.47. The molecule has 0 saturated heterocycles. The lowest BCUT2D eigenvalue weighted by Gasteiger charge is -2.11. The van der Waals surface area contributed by atoms with E-state index in [0.717, 1.165) is 26.7 Å². The van der Waals surface area contributed by atoms with Crippen molar-refractivity contribution in [3.63, 3.8) is 0 Å². The van der Waals surface area contributed by atoms with Gasteiger partial charge in [0.15, 0.2) is 5.58 Å². The van der Waals surface area contributed by atoms with Crippen molar-refractivity contribution < 1.29 is 4.42 Å². The van der Waals surface area contributed by atoms with E-state index in [1.54, 1.807) is 7.05 Å². The number of oxazole rings is 1. The summed E-state index contributed by atoms with van der Waals surface area (Å²) in [7, 11) is 1.68. The molecule has 1 aromatic heterocycles. The molecule has 1 heterocycles. The number of fused-ring (bicyclic) bond motifs is 1. The van der Waals surface area contributed by atoms with Gasteiger partial charge >= 0.3 is 5.76 Å². The summed E-state index contributed by atoms with van der Waals surface area (Å²) in [6.07, 6.45) is 0. The maximum atomic E-state index is 11.5. The Morgan fingerprint density at radius 3 is 2.57 bits per heavy atom. The van der Waals surface area contributed by atoms with Gasteiger partial charge in [-0.15, -0.1) is 11.6 Å². The van der Waals surface area contributed by atoms with Crippen LogP contribution in [0.4, 0.5) is 0 Å². The van der Waals surface area contributed by atoms with Crippen molar-refractivity contribution in [3.8, 4) is 0 Å². The monoisotopic (exact) mass is 365 g/mol. The molecule has 2 aromatic carbocycles. The normalized spacial score (nSPS) is 12.8. The number of benzene rings is 2. The number of alkyl halides is 1.